The number of aromatic nitrogens is 1. The molecule has 6 heteroatoms. The van der Waals surface area contributed by atoms with Gasteiger partial charge in [-0.3, -0.25) is 25.4 Å². The minimum Gasteiger partial charge on any atom is -0.508 e. The number of fused-ring (bicyclic) bond motifs is 1. The van der Waals surface area contributed by atoms with E-state index in [2.05, 4.69) is 15.8 Å². The molecule has 2 aromatic carbocycles. The third-order valence-corrected chi connectivity index (χ3v) is 3.27. The van der Waals surface area contributed by atoms with E-state index < -0.39 is 11.8 Å². The Labute approximate surface area is 131 Å². The number of nitrogens with one attached hydrogen (secondary N) is 2. The zero-order valence-corrected chi connectivity index (χ0v) is 12.0. The molecule has 1 heterocycles. The Balaban J connectivity index is 1.71. The minimum atomic E-state index is -0.496. The molecule has 6 nitrogen and oxygen atoms in total. The number of aromatic hydroxyl groups is 1. The van der Waals surface area contributed by atoms with Gasteiger partial charge in [-0.1, -0.05) is 18.2 Å². The molecule has 0 spiro atoms. The van der Waals surface area contributed by atoms with E-state index in [0.29, 0.717) is 5.56 Å². The van der Waals surface area contributed by atoms with Crippen LogP contribution in [0.1, 0.15) is 20.8 Å². The van der Waals surface area contributed by atoms with E-state index >= 15 is 0 Å². The Bertz CT molecular complexity index is 879. The van der Waals surface area contributed by atoms with Gasteiger partial charge >= 0.3 is 0 Å². The molecule has 0 bridgehead atoms. The van der Waals surface area contributed by atoms with Crippen LogP contribution in [0.2, 0.25) is 0 Å². The van der Waals surface area contributed by atoms with E-state index in [1.807, 2.05) is 0 Å². The third-order valence-electron chi connectivity index (χ3n) is 3.27. The number of phenols is 1. The number of phenolic OH excluding ortho intramolecular Hbond substituents is 1. The van der Waals surface area contributed by atoms with Crippen molar-refractivity contribution < 1.29 is 14.7 Å². The molecule has 0 aliphatic heterocycles. The molecule has 3 rings (SSSR count). The van der Waals surface area contributed by atoms with Gasteiger partial charge in [-0.15, -0.1) is 0 Å². The first-order chi connectivity index (χ1) is 11.1. The maximum atomic E-state index is 12.1. The van der Waals surface area contributed by atoms with E-state index in [4.69, 9.17) is 0 Å². The average Bonchev–Trinajstić information content (AvgIpc) is 2.59. The van der Waals surface area contributed by atoms with Crippen molar-refractivity contribution in [2.45, 2.75) is 0 Å². The second-order valence-electron chi connectivity index (χ2n) is 4.87. The maximum absolute atomic E-state index is 12.1. The van der Waals surface area contributed by atoms with Crippen LogP contribution in [0, 0.1) is 0 Å². The summed E-state index contributed by atoms with van der Waals surface area (Å²) in [5.41, 5.74) is 5.26. The molecular weight excluding hydrogens is 294 g/mol. The normalized spacial score (nSPS) is 10.3. The summed E-state index contributed by atoms with van der Waals surface area (Å²) >= 11 is 0. The van der Waals surface area contributed by atoms with Crippen molar-refractivity contribution in [2.24, 2.45) is 0 Å². The highest BCUT2D eigenvalue weighted by molar-refractivity contribution is 6.00. The zero-order valence-electron chi connectivity index (χ0n) is 12.0. The van der Waals surface area contributed by atoms with Gasteiger partial charge in [0.2, 0.25) is 0 Å². The van der Waals surface area contributed by atoms with Crippen LogP contribution < -0.4 is 10.9 Å². The van der Waals surface area contributed by atoms with Crippen LogP contribution in [0.4, 0.5) is 0 Å². The van der Waals surface area contributed by atoms with Crippen LogP contribution in [-0.2, 0) is 0 Å². The standard InChI is InChI=1S/C17H13N3O3/c21-14-7-6-11-9-13(5-4-12(11)10-14)16(22)19-20-17(23)15-3-1-2-8-18-15/h1-10,21H,(H,19,22)(H,20,23). The molecule has 0 radical (unpaired) electrons. The van der Waals surface area contributed by atoms with E-state index in [1.165, 1.54) is 6.20 Å². The number of carbonyl (C=O) groups excluding carboxylic acids is 2. The van der Waals surface area contributed by atoms with Gasteiger partial charge in [0.15, 0.2) is 0 Å². The average molecular weight is 307 g/mol. The SMILES string of the molecule is O=C(NNC(=O)c1ccccn1)c1ccc2cc(O)ccc2c1. The Hall–Kier alpha value is -3.41. The van der Waals surface area contributed by atoms with Crippen LogP contribution >= 0.6 is 0 Å². The van der Waals surface area contributed by atoms with Gasteiger partial charge in [0.25, 0.3) is 11.8 Å². The number of rotatable bonds is 2. The van der Waals surface area contributed by atoms with Gasteiger partial charge in [-0.25, -0.2) is 0 Å². The van der Waals surface area contributed by atoms with Crippen molar-refractivity contribution in [1.82, 2.24) is 15.8 Å². The van der Waals surface area contributed by atoms with Crippen molar-refractivity contribution in [3.8, 4) is 5.75 Å². The first kappa shape index (κ1) is 14.5. The van der Waals surface area contributed by atoms with Crippen molar-refractivity contribution in [3.63, 3.8) is 0 Å². The fraction of sp³-hybridized carbons (Fsp3) is 0. The lowest BCUT2D eigenvalue weighted by Gasteiger charge is -2.08. The Morgan fingerprint density at radius 3 is 2.39 bits per heavy atom. The summed E-state index contributed by atoms with van der Waals surface area (Å²) in [4.78, 5) is 27.8. The summed E-state index contributed by atoms with van der Waals surface area (Å²) in [5, 5.41) is 11.1. The Morgan fingerprint density at radius 1 is 0.870 bits per heavy atom. The van der Waals surface area contributed by atoms with E-state index in [1.54, 1.807) is 54.6 Å². The number of hydrogen-bond donors (Lipinski definition) is 3. The number of amides is 2. The minimum absolute atomic E-state index is 0.164. The van der Waals surface area contributed by atoms with Crippen LogP contribution in [0.3, 0.4) is 0 Å². The lowest BCUT2D eigenvalue weighted by atomic mass is 10.1. The number of benzene rings is 2. The molecule has 1 aromatic heterocycles. The summed E-state index contributed by atoms with van der Waals surface area (Å²) in [6, 6.07) is 14.8. The summed E-state index contributed by atoms with van der Waals surface area (Å²) in [7, 11) is 0. The first-order valence-corrected chi connectivity index (χ1v) is 6.88. The predicted molar refractivity (Wildman–Crippen MR) is 84.8 cm³/mol. The van der Waals surface area contributed by atoms with Crippen LogP contribution in [0.5, 0.6) is 5.75 Å². The van der Waals surface area contributed by atoms with Crippen LogP contribution in [-0.4, -0.2) is 21.9 Å². The maximum Gasteiger partial charge on any atom is 0.288 e. The lowest BCUT2D eigenvalue weighted by molar-refractivity contribution is 0.0844. The molecule has 0 atom stereocenters. The molecule has 0 unspecified atom stereocenters. The van der Waals surface area contributed by atoms with Crippen molar-refractivity contribution in [2.75, 3.05) is 0 Å². The van der Waals surface area contributed by atoms with Crippen molar-refractivity contribution >= 4 is 22.6 Å². The summed E-state index contributed by atoms with van der Waals surface area (Å²) in [6.45, 7) is 0. The number of pyridine rings is 1. The first-order valence-electron chi connectivity index (χ1n) is 6.88. The largest absolute Gasteiger partial charge is 0.508 e. The zero-order chi connectivity index (χ0) is 16.2. The second kappa shape index (κ2) is 6.15. The highest BCUT2D eigenvalue weighted by Gasteiger charge is 2.10. The topological polar surface area (TPSA) is 91.3 Å². The third kappa shape index (κ3) is 3.26. The van der Waals surface area contributed by atoms with Gasteiger partial charge in [0.1, 0.15) is 11.4 Å². The summed E-state index contributed by atoms with van der Waals surface area (Å²) in [6.07, 6.45) is 1.50. The molecule has 0 fully saturated rings. The van der Waals surface area contributed by atoms with E-state index in [9.17, 15) is 14.7 Å². The number of carbonyl (C=O) groups is 2. The molecule has 3 N–H and O–H groups in total. The molecule has 2 amide bonds. The van der Waals surface area contributed by atoms with E-state index in [0.717, 1.165) is 10.8 Å². The van der Waals surface area contributed by atoms with Gasteiger partial charge in [-0.2, -0.15) is 0 Å². The van der Waals surface area contributed by atoms with Gasteiger partial charge < -0.3 is 5.11 Å². The fourth-order valence-electron chi connectivity index (χ4n) is 2.12. The van der Waals surface area contributed by atoms with Crippen molar-refractivity contribution in [1.29, 1.82) is 0 Å². The molecule has 0 saturated carbocycles. The van der Waals surface area contributed by atoms with Crippen LogP contribution in [0.25, 0.3) is 10.8 Å². The van der Waals surface area contributed by atoms with Gasteiger partial charge in [-0.05, 0) is 47.2 Å². The smallest absolute Gasteiger partial charge is 0.288 e. The van der Waals surface area contributed by atoms with Gasteiger partial charge in [0.05, 0.1) is 0 Å². The summed E-state index contributed by atoms with van der Waals surface area (Å²) in [5.74, 6) is -0.772. The highest BCUT2D eigenvalue weighted by atomic mass is 16.3. The second-order valence-corrected chi connectivity index (χ2v) is 4.87. The van der Waals surface area contributed by atoms with Crippen LogP contribution in [0.15, 0.2) is 60.8 Å². The molecule has 0 saturated heterocycles. The van der Waals surface area contributed by atoms with Crippen molar-refractivity contribution in [3.05, 3.63) is 72.1 Å². The Morgan fingerprint density at radius 2 is 1.61 bits per heavy atom. The Kier molecular flexibility index (Phi) is 3.88. The molecule has 114 valence electrons. The quantitative estimate of drug-likeness (QED) is 0.632. The molecule has 0 aliphatic rings. The number of hydrogen-bond acceptors (Lipinski definition) is 4. The van der Waals surface area contributed by atoms with E-state index in [-0.39, 0.29) is 11.4 Å². The number of hydrazine groups is 1. The fourth-order valence-corrected chi connectivity index (χ4v) is 2.12. The monoisotopic (exact) mass is 307 g/mol. The van der Waals surface area contributed by atoms with Gasteiger partial charge in [0, 0.05) is 11.8 Å². The lowest BCUT2D eigenvalue weighted by Crippen LogP contribution is -2.41. The predicted octanol–water partition coefficient (Wildman–Crippen LogP) is 2.02. The molecule has 23 heavy (non-hydrogen) atoms. The number of nitrogens with zero attached hydrogens (tertiary/aromatic N) is 1. The summed E-state index contributed by atoms with van der Waals surface area (Å²) < 4.78 is 0. The highest BCUT2D eigenvalue weighted by Crippen LogP contribution is 2.20. The molecule has 0 aliphatic carbocycles. The molecular formula is C17H13N3O3. The molecule has 3 aromatic rings.